The summed E-state index contributed by atoms with van der Waals surface area (Å²) in [6.45, 7) is 5.27. The predicted octanol–water partition coefficient (Wildman–Crippen LogP) is 9.11. The van der Waals surface area contributed by atoms with E-state index in [4.69, 9.17) is 9.47 Å². The summed E-state index contributed by atoms with van der Waals surface area (Å²) < 4.78 is 39.9. The van der Waals surface area contributed by atoms with Gasteiger partial charge in [-0.25, -0.2) is 0 Å². The SMILES string of the molecule is CCCCCOc1ccc(OCC2CCC(C3CCC(CCCCC)CC3)CC2)c(F)c1F. The van der Waals surface area contributed by atoms with E-state index in [2.05, 4.69) is 13.8 Å². The summed E-state index contributed by atoms with van der Waals surface area (Å²) in [5.74, 6) is 1.32. The van der Waals surface area contributed by atoms with Gasteiger partial charge >= 0.3 is 0 Å². The van der Waals surface area contributed by atoms with Crippen LogP contribution in [0.25, 0.3) is 0 Å². The molecule has 0 aliphatic heterocycles. The molecular formula is C29H46F2O2. The van der Waals surface area contributed by atoms with E-state index in [1.165, 1.54) is 76.3 Å². The van der Waals surface area contributed by atoms with Crippen molar-refractivity contribution in [3.05, 3.63) is 23.8 Å². The van der Waals surface area contributed by atoms with Crippen LogP contribution in [0.1, 0.15) is 110 Å². The maximum Gasteiger partial charge on any atom is 0.204 e. The first-order chi connectivity index (χ1) is 16.1. The summed E-state index contributed by atoms with van der Waals surface area (Å²) in [6.07, 6.45) is 19.0. The van der Waals surface area contributed by atoms with E-state index in [1.807, 2.05) is 0 Å². The third kappa shape index (κ3) is 8.14. The second kappa shape index (κ2) is 14.2. The van der Waals surface area contributed by atoms with Gasteiger partial charge in [0.2, 0.25) is 11.6 Å². The van der Waals surface area contributed by atoms with Gasteiger partial charge in [-0.15, -0.1) is 0 Å². The summed E-state index contributed by atoms with van der Waals surface area (Å²) in [7, 11) is 0. The highest BCUT2D eigenvalue weighted by Crippen LogP contribution is 2.42. The molecule has 4 heteroatoms. The van der Waals surface area contributed by atoms with E-state index in [-0.39, 0.29) is 11.5 Å². The molecule has 0 amide bonds. The molecule has 2 nitrogen and oxygen atoms in total. The van der Waals surface area contributed by atoms with Crippen LogP contribution >= 0.6 is 0 Å². The van der Waals surface area contributed by atoms with Crippen molar-refractivity contribution in [2.45, 2.75) is 110 Å². The molecule has 0 heterocycles. The Morgan fingerprint density at radius 1 is 0.667 bits per heavy atom. The van der Waals surface area contributed by atoms with E-state index in [0.29, 0.717) is 19.1 Å². The monoisotopic (exact) mass is 464 g/mol. The molecule has 2 fully saturated rings. The van der Waals surface area contributed by atoms with Crippen molar-refractivity contribution in [3.63, 3.8) is 0 Å². The van der Waals surface area contributed by atoms with Crippen LogP contribution in [0.4, 0.5) is 8.78 Å². The van der Waals surface area contributed by atoms with Gasteiger partial charge in [0.15, 0.2) is 11.5 Å². The number of halogens is 2. The summed E-state index contributed by atoms with van der Waals surface area (Å²) in [6, 6.07) is 3.01. The number of rotatable bonds is 13. The Morgan fingerprint density at radius 2 is 1.18 bits per heavy atom. The molecule has 0 spiro atoms. The Balaban J connectivity index is 1.36. The quantitative estimate of drug-likeness (QED) is 0.271. The molecule has 2 saturated carbocycles. The lowest BCUT2D eigenvalue weighted by Crippen LogP contribution is -2.27. The summed E-state index contributed by atoms with van der Waals surface area (Å²) in [4.78, 5) is 0. The van der Waals surface area contributed by atoms with Crippen LogP contribution in [0.5, 0.6) is 11.5 Å². The molecular weight excluding hydrogens is 418 g/mol. The maximum absolute atomic E-state index is 14.4. The zero-order valence-corrected chi connectivity index (χ0v) is 21.1. The van der Waals surface area contributed by atoms with Gasteiger partial charge in [0.25, 0.3) is 0 Å². The summed E-state index contributed by atoms with van der Waals surface area (Å²) in [5.41, 5.74) is 0. The molecule has 33 heavy (non-hydrogen) atoms. The first-order valence-corrected chi connectivity index (χ1v) is 13.9. The van der Waals surface area contributed by atoms with Gasteiger partial charge in [-0.05, 0) is 80.8 Å². The minimum Gasteiger partial charge on any atom is -0.490 e. The number of benzene rings is 1. The van der Waals surface area contributed by atoms with Gasteiger partial charge in [0.1, 0.15) is 0 Å². The molecule has 0 N–H and O–H groups in total. The lowest BCUT2D eigenvalue weighted by Gasteiger charge is -2.38. The molecule has 0 atom stereocenters. The molecule has 1 aromatic rings. The van der Waals surface area contributed by atoms with Crippen molar-refractivity contribution in [1.82, 2.24) is 0 Å². The van der Waals surface area contributed by atoms with Crippen molar-refractivity contribution in [2.24, 2.45) is 23.7 Å². The third-order valence-electron chi connectivity index (χ3n) is 8.16. The molecule has 3 rings (SSSR count). The second-order valence-corrected chi connectivity index (χ2v) is 10.6. The number of ether oxygens (including phenoxy) is 2. The number of hydrogen-bond donors (Lipinski definition) is 0. The zero-order chi connectivity index (χ0) is 23.5. The fourth-order valence-electron chi connectivity index (χ4n) is 5.94. The first kappa shape index (κ1) is 26.3. The fourth-order valence-corrected chi connectivity index (χ4v) is 5.94. The van der Waals surface area contributed by atoms with Crippen molar-refractivity contribution in [1.29, 1.82) is 0 Å². The molecule has 1 aromatic carbocycles. The van der Waals surface area contributed by atoms with Crippen LogP contribution in [0.2, 0.25) is 0 Å². The van der Waals surface area contributed by atoms with E-state index >= 15 is 0 Å². The molecule has 2 aliphatic carbocycles. The minimum absolute atomic E-state index is 0.0110. The van der Waals surface area contributed by atoms with Crippen molar-refractivity contribution >= 4 is 0 Å². The van der Waals surface area contributed by atoms with Gasteiger partial charge < -0.3 is 9.47 Å². The fraction of sp³-hybridized carbons (Fsp3) is 0.793. The van der Waals surface area contributed by atoms with Crippen molar-refractivity contribution in [2.75, 3.05) is 13.2 Å². The minimum atomic E-state index is -0.932. The van der Waals surface area contributed by atoms with E-state index in [0.717, 1.165) is 49.9 Å². The van der Waals surface area contributed by atoms with Crippen LogP contribution in [-0.2, 0) is 0 Å². The van der Waals surface area contributed by atoms with Gasteiger partial charge in [-0.1, -0.05) is 65.2 Å². The van der Waals surface area contributed by atoms with Crippen molar-refractivity contribution < 1.29 is 18.3 Å². The predicted molar refractivity (Wildman–Crippen MR) is 132 cm³/mol. The highest BCUT2D eigenvalue weighted by atomic mass is 19.2. The van der Waals surface area contributed by atoms with Crippen LogP contribution in [0.3, 0.4) is 0 Å². The van der Waals surface area contributed by atoms with Gasteiger partial charge in [0.05, 0.1) is 13.2 Å². The highest BCUT2D eigenvalue weighted by molar-refractivity contribution is 5.35. The first-order valence-electron chi connectivity index (χ1n) is 13.9. The van der Waals surface area contributed by atoms with Crippen LogP contribution in [-0.4, -0.2) is 13.2 Å². The standard InChI is InChI=1S/C29H46F2O2/c1-3-5-7-9-22-10-14-24(15-11-22)25-16-12-23(13-17-25)21-33-27-19-18-26(28(30)29(27)31)32-20-8-6-4-2/h18-19,22-25H,3-17,20-21H2,1-2H3. The molecule has 0 unspecified atom stereocenters. The smallest absolute Gasteiger partial charge is 0.204 e. The zero-order valence-electron chi connectivity index (χ0n) is 21.1. The Bertz CT molecular complexity index is 676. The lowest BCUT2D eigenvalue weighted by atomic mass is 9.69. The van der Waals surface area contributed by atoms with Crippen molar-refractivity contribution in [3.8, 4) is 11.5 Å². The Labute approximate surface area is 200 Å². The Kier molecular flexibility index (Phi) is 11.3. The Morgan fingerprint density at radius 3 is 1.76 bits per heavy atom. The second-order valence-electron chi connectivity index (χ2n) is 10.6. The summed E-state index contributed by atoms with van der Waals surface area (Å²) >= 11 is 0. The average Bonchev–Trinajstić information content (AvgIpc) is 2.85. The molecule has 0 bridgehead atoms. The normalized spacial score (nSPS) is 25.7. The Hall–Kier alpha value is -1.32. The number of unbranched alkanes of at least 4 members (excludes halogenated alkanes) is 4. The van der Waals surface area contributed by atoms with Crippen LogP contribution in [0, 0.1) is 35.3 Å². The lowest BCUT2D eigenvalue weighted by molar-refractivity contribution is 0.120. The molecule has 188 valence electrons. The van der Waals surface area contributed by atoms with Gasteiger partial charge in [-0.2, -0.15) is 8.78 Å². The van der Waals surface area contributed by atoms with E-state index < -0.39 is 11.6 Å². The van der Waals surface area contributed by atoms with E-state index in [1.54, 1.807) is 0 Å². The largest absolute Gasteiger partial charge is 0.490 e. The molecule has 0 saturated heterocycles. The molecule has 2 aliphatic rings. The third-order valence-corrected chi connectivity index (χ3v) is 8.16. The van der Waals surface area contributed by atoms with Gasteiger partial charge in [-0.3, -0.25) is 0 Å². The number of hydrogen-bond acceptors (Lipinski definition) is 2. The maximum atomic E-state index is 14.4. The van der Waals surface area contributed by atoms with Crippen LogP contribution < -0.4 is 9.47 Å². The van der Waals surface area contributed by atoms with Crippen LogP contribution in [0.15, 0.2) is 12.1 Å². The topological polar surface area (TPSA) is 18.5 Å². The molecule has 0 aromatic heterocycles. The average molecular weight is 465 g/mol. The van der Waals surface area contributed by atoms with E-state index in [9.17, 15) is 8.78 Å². The molecule has 0 radical (unpaired) electrons. The summed E-state index contributed by atoms with van der Waals surface area (Å²) in [5, 5.41) is 0. The van der Waals surface area contributed by atoms with Gasteiger partial charge in [0, 0.05) is 0 Å². The highest BCUT2D eigenvalue weighted by Gasteiger charge is 2.31.